The van der Waals surface area contributed by atoms with Gasteiger partial charge in [0.1, 0.15) is 5.82 Å². The van der Waals surface area contributed by atoms with Gasteiger partial charge in [-0.15, -0.1) is 0 Å². The number of nitrogen functional groups attached to an aromatic ring is 1. The van der Waals surface area contributed by atoms with E-state index in [1.54, 1.807) is 13.8 Å². The lowest BCUT2D eigenvalue weighted by atomic mass is 10.3. The molecule has 0 fully saturated rings. The monoisotopic (exact) mass is 272 g/mol. The van der Waals surface area contributed by atoms with E-state index in [1.807, 2.05) is 0 Å². The number of halogens is 1. The van der Waals surface area contributed by atoms with Crippen molar-refractivity contribution >= 4 is 15.7 Å². The molecule has 0 saturated heterocycles. The van der Waals surface area contributed by atoms with E-state index >= 15 is 0 Å². The van der Waals surface area contributed by atoms with Crippen molar-refractivity contribution in [3.05, 3.63) is 36.2 Å². The van der Waals surface area contributed by atoms with Crippen molar-refractivity contribution < 1.29 is 12.8 Å². The Kier molecular flexibility index (Phi) is 4.48. The summed E-state index contributed by atoms with van der Waals surface area (Å²) >= 11 is 0. The van der Waals surface area contributed by atoms with E-state index in [2.05, 4.69) is 6.58 Å². The van der Waals surface area contributed by atoms with Crippen LogP contribution in [0.25, 0.3) is 0 Å². The predicted molar refractivity (Wildman–Crippen MR) is 70.1 cm³/mol. The third kappa shape index (κ3) is 3.30. The van der Waals surface area contributed by atoms with Crippen LogP contribution in [0, 0.1) is 5.82 Å². The summed E-state index contributed by atoms with van der Waals surface area (Å²) in [7, 11) is -3.74. The van der Waals surface area contributed by atoms with E-state index in [4.69, 9.17) is 5.73 Å². The first-order valence-corrected chi connectivity index (χ1v) is 6.92. The first-order valence-electron chi connectivity index (χ1n) is 5.48. The quantitative estimate of drug-likeness (QED) is 0.658. The zero-order chi connectivity index (χ0) is 13.9. The van der Waals surface area contributed by atoms with Crippen LogP contribution in [0.15, 0.2) is 35.2 Å². The number of rotatable bonds is 5. The van der Waals surface area contributed by atoms with Gasteiger partial charge in [-0.3, -0.25) is 0 Å². The van der Waals surface area contributed by atoms with Gasteiger partial charge in [0, 0.05) is 18.8 Å². The van der Waals surface area contributed by atoms with Gasteiger partial charge in [-0.2, -0.15) is 4.31 Å². The maximum atomic E-state index is 13.2. The second-order valence-corrected chi connectivity index (χ2v) is 6.05. The first-order chi connectivity index (χ1) is 8.27. The SMILES string of the molecule is C=C(C)CN(CC)S(=O)(=O)c1cc(N)cc(F)c1. The number of hydrogen-bond donors (Lipinski definition) is 1. The van der Waals surface area contributed by atoms with Gasteiger partial charge in [0.25, 0.3) is 0 Å². The van der Waals surface area contributed by atoms with Crippen molar-refractivity contribution in [1.29, 1.82) is 0 Å². The molecule has 2 N–H and O–H groups in total. The van der Waals surface area contributed by atoms with Gasteiger partial charge in [0.2, 0.25) is 10.0 Å². The number of anilines is 1. The second kappa shape index (κ2) is 5.49. The number of hydrogen-bond acceptors (Lipinski definition) is 3. The molecule has 0 unspecified atom stereocenters. The van der Waals surface area contributed by atoms with Crippen LogP contribution in [-0.2, 0) is 10.0 Å². The van der Waals surface area contributed by atoms with Crippen LogP contribution in [0.1, 0.15) is 13.8 Å². The average molecular weight is 272 g/mol. The predicted octanol–water partition coefficient (Wildman–Crippen LogP) is 1.99. The molecule has 0 aliphatic heterocycles. The fourth-order valence-electron chi connectivity index (χ4n) is 1.55. The number of nitrogens with two attached hydrogens (primary N) is 1. The minimum atomic E-state index is -3.74. The van der Waals surface area contributed by atoms with Gasteiger partial charge in [0.05, 0.1) is 4.90 Å². The third-order valence-electron chi connectivity index (χ3n) is 2.33. The molecular formula is C12H17FN2O2S. The summed E-state index contributed by atoms with van der Waals surface area (Å²) in [6.07, 6.45) is 0. The lowest BCUT2D eigenvalue weighted by molar-refractivity contribution is 0.452. The molecule has 0 saturated carbocycles. The molecule has 1 rings (SSSR count). The molecular weight excluding hydrogens is 255 g/mol. The Morgan fingerprint density at radius 2 is 2.06 bits per heavy atom. The topological polar surface area (TPSA) is 63.4 Å². The highest BCUT2D eigenvalue weighted by Gasteiger charge is 2.23. The minimum Gasteiger partial charge on any atom is -0.399 e. The normalized spacial score (nSPS) is 11.8. The smallest absolute Gasteiger partial charge is 0.243 e. The molecule has 0 amide bonds. The Labute approximate surface area is 107 Å². The van der Waals surface area contributed by atoms with E-state index in [-0.39, 0.29) is 23.7 Å². The van der Waals surface area contributed by atoms with Crippen LogP contribution in [0.4, 0.5) is 10.1 Å². The van der Waals surface area contributed by atoms with E-state index < -0.39 is 15.8 Å². The fourth-order valence-corrected chi connectivity index (χ4v) is 3.13. The standard InChI is InChI=1S/C12H17FN2O2S/c1-4-15(8-9(2)3)18(16,17)12-6-10(13)5-11(14)7-12/h5-7H,2,4,8,14H2,1,3H3. The van der Waals surface area contributed by atoms with Gasteiger partial charge >= 0.3 is 0 Å². The largest absolute Gasteiger partial charge is 0.399 e. The van der Waals surface area contributed by atoms with Crippen LogP contribution in [-0.4, -0.2) is 25.8 Å². The third-order valence-corrected chi connectivity index (χ3v) is 4.23. The lowest BCUT2D eigenvalue weighted by Gasteiger charge is -2.20. The molecule has 18 heavy (non-hydrogen) atoms. The summed E-state index contributed by atoms with van der Waals surface area (Å²) in [6, 6.07) is 3.29. The van der Waals surface area contributed by atoms with Gasteiger partial charge < -0.3 is 5.73 Å². The first kappa shape index (κ1) is 14.7. The molecule has 0 aliphatic carbocycles. The average Bonchev–Trinajstić information content (AvgIpc) is 2.24. The Morgan fingerprint density at radius 1 is 1.44 bits per heavy atom. The summed E-state index contributed by atoms with van der Waals surface area (Å²) in [6.45, 7) is 7.61. The van der Waals surface area contributed by atoms with Crippen molar-refractivity contribution in [1.82, 2.24) is 4.31 Å². The zero-order valence-electron chi connectivity index (χ0n) is 10.5. The highest BCUT2D eigenvalue weighted by Crippen LogP contribution is 2.20. The number of sulfonamides is 1. The molecule has 0 aromatic heterocycles. The van der Waals surface area contributed by atoms with Crippen molar-refractivity contribution in [2.24, 2.45) is 0 Å². The minimum absolute atomic E-state index is 0.0833. The van der Waals surface area contributed by atoms with Crippen molar-refractivity contribution in [3.8, 4) is 0 Å². The maximum absolute atomic E-state index is 13.2. The van der Waals surface area contributed by atoms with Crippen LogP contribution in [0.5, 0.6) is 0 Å². The molecule has 1 aromatic rings. The van der Waals surface area contributed by atoms with Crippen LogP contribution in [0.3, 0.4) is 0 Å². The molecule has 0 bridgehead atoms. The van der Waals surface area contributed by atoms with E-state index in [0.717, 1.165) is 12.1 Å². The van der Waals surface area contributed by atoms with Gasteiger partial charge in [-0.05, 0) is 25.1 Å². The molecule has 0 aliphatic rings. The molecule has 0 atom stereocenters. The lowest BCUT2D eigenvalue weighted by Crippen LogP contribution is -2.32. The molecule has 0 radical (unpaired) electrons. The van der Waals surface area contributed by atoms with Crippen molar-refractivity contribution in [2.75, 3.05) is 18.8 Å². The van der Waals surface area contributed by atoms with E-state index in [0.29, 0.717) is 5.57 Å². The van der Waals surface area contributed by atoms with Crippen LogP contribution >= 0.6 is 0 Å². The summed E-state index contributed by atoms with van der Waals surface area (Å²) < 4.78 is 39.0. The van der Waals surface area contributed by atoms with Crippen LogP contribution < -0.4 is 5.73 Å². The number of benzene rings is 1. The molecule has 1 aromatic carbocycles. The molecule has 0 spiro atoms. The van der Waals surface area contributed by atoms with E-state index in [9.17, 15) is 12.8 Å². The van der Waals surface area contributed by atoms with Gasteiger partial charge in [-0.1, -0.05) is 19.1 Å². The molecule has 100 valence electrons. The highest BCUT2D eigenvalue weighted by molar-refractivity contribution is 7.89. The molecule has 6 heteroatoms. The Bertz CT molecular complexity index is 535. The second-order valence-electron chi connectivity index (χ2n) is 4.11. The zero-order valence-corrected chi connectivity index (χ0v) is 11.3. The highest BCUT2D eigenvalue weighted by atomic mass is 32.2. The van der Waals surface area contributed by atoms with Gasteiger partial charge in [0.15, 0.2) is 0 Å². The summed E-state index contributed by atoms with van der Waals surface area (Å²) in [5, 5.41) is 0. The summed E-state index contributed by atoms with van der Waals surface area (Å²) in [5.74, 6) is -0.667. The van der Waals surface area contributed by atoms with E-state index in [1.165, 1.54) is 10.4 Å². The molecule has 0 heterocycles. The summed E-state index contributed by atoms with van der Waals surface area (Å²) in [5.41, 5.74) is 6.25. The maximum Gasteiger partial charge on any atom is 0.243 e. The number of nitrogens with zero attached hydrogens (tertiary/aromatic N) is 1. The Hall–Kier alpha value is -1.40. The van der Waals surface area contributed by atoms with Crippen molar-refractivity contribution in [3.63, 3.8) is 0 Å². The summed E-state index contributed by atoms with van der Waals surface area (Å²) in [4.78, 5) is -0.136. The Balaban J connectivity index is 3.22. The Morgan fingerprint density at radius 3 is 2.50 bits per heavy atom. The van der Waals surface area contributed by atoms with Crippen molar-refractivity contribution in [2.45, 2.75) is 18.7 Å². The van der Waals surface area contributed by atoms with Gasteiger partial charge in [-0.25, -0.2) is 12.8 Å². The number of likely N-dealkylation sites (N-methyl/N-ethyl adjacent to an activating group) is 1. The van der Waals surface area contributed by atoms with Crippen LogP contribution in [0.2, 0.25) is 0 Å². The fraction of sp³-hybridized carbons (Fsp3) is 0.333. The molecule has 4 nitrogen and oxygen atoms in total.